The fourth-order valence-corrected chi connectivity index (χ4v) is 2.17. The SMILES string of the molecule is CCCNCc1ccc(-c2cn(CC)nc2C)cc1. The Bertz CT molecular complexity index is 511. The molecule has 1 aromatic heterocycles. The summed E-state index contributed by atoms with van der Waals surface area (Å²) in [5, 5.41) is 7.91. The zero-order chi connectivity index (χ0) is 13.7. The van der Waals surface area contributed by atoms with E-state index in [1.165, 1.54) is 23.1 Å². The molecule has 2 aromatic rings. The fourth-order valence-electron chi connectivity index (χ4n) is 2.17. The number of nitrogens with one attached hydrogen (secondary N) is 1. The van der Waals surface area contributed by atoms with E-state index < -0.39 is 0 Å². The molecule has 1 N–H and O–H groups in total. The van der Waals surface area contributed by atoms with E-state index in [1.54, 1.807) is 0 Å². The van der Waals surface area contributed by atoms with Crippen LogP contribution in [0.4, 0.5) is 0 Å². The molecule has 0 bridgehead atoms. The van der Waals surface area contributed by atoms with Gasteiger partial charge in [0.15, 0.2) is 0 Å². The largest absolute Gasteiger partial charge is 0.313 e. The quantitative estimate of drug-likeness (QED) is 0.804. The minimum Gasteiger partial charge on any atom is -0.313 e. The maximum atomic E-state index is 4.49. The lowest BCUT2D eigenvalue weighted by molar-refractivity contribution is 0.653. The Morgan fingerprint density at radius 2 is 1.89 bits per heavy atom. The second-order valence-electron chi connectivity index (χ2n) is 4.86. The first kappa shape index (κ1) is 13.8. The lowest BCUT2D eigenvalue weighted by Crippen LogP contribution is -2.13. The Balaban J connectivity index is 2.10. The third kappa shape index (κ3) is 3.44. The van der Waals surface area contributed by atoms with Gasteiger partial charge in [-0.3, -0.25) is 4.68 Å². The summed E-state index contributed by atoms with van der Waals surface area (Å²) in [6, 6.07) is 8.77. The normalized spacial score (nSPS) is 10.9. The zero-order valence-corrected chi connectivity index (χ0v) is 12.1. The molecule has 0 amide bonds. The van der Waals surface area contributed by atoms with Crippen molar-refractivity contribution in [3.63, 3.8) is 0 Å². The van der Waals surface area contributed by atoms with Gasteiger partial charge in [0.25, 0.3) is 0 Å². The van der Waals surface area contributed by atoms with Gasteiger partial charge in [-0.15, -0.1) is 0 Å². The molecule has 0 unspecified atom stereocenters. The van der Waals surface area contributed by atoms with Crippen LogP contribution in [-0.2, 0) is 13.1 Å². The molecule has 1 heterocycles. The number of rotatable bonds is 6. The molecule has 19 heavy (non-hydrogen) atoms. The summed E-state index contributed by atoms with van der Waals surface area (Å²) in [6.07, 6.45) is 3.30. The Hall–Kier alpha value is -1.61. The number of aryl methyl sites for hydroxylation is 2. The third-order valence-corrected chi connectivity index (χ3v) is 3.29. The van der Waals surface area contributed by atoms with Crippen LogP contribution in [0.25, 0.3) is 11.1 Å². The first-order chi connectivity index (χ1) is 9.24. The number of nitrogens with zero attached hydrogens (tertiary/aromatic N) is 2. The van der Waals surface area contributed by atoms with Crippen molar-refractivity contribution in [1.82, 2.24) is 15.1 Å². The Kier molecular flexibility index (Phi) is 4.74. The van der Waals surface area contributed by atoms with Gasteiger partial charge in [-0.25, -0.2) is 0 Å². The molecule has 0 atom stereocenters. The Labute approximate surface area is 115 Å². The summed E-state index contributed by atoms with van der Waals surface area (Å²) in [4.78, 5) is 0. The molecule has 2 rings (SSSR count). The fraction of sp³-hybridized carbons (Fsp3) is 0.438. The molecule has 0 spiro atoms. The summed E-state index contributed by atoms with van der Waals surface area (Å²) >= 11 is 0. The van der Waals surface area contributed by atoms with Gasteiger partial charge in [0, 0.05) is 24.8 Å². The highest BCUT2D eigenvalue weighted by atomic mass is 15.3. The molecule has 3 heteroatoms. The molecule has 0 saturated heterocycles. The third-order valence-electron chi connectivity index (χ3n) is 3.29. The predicted molar refractivity (Wildman–Crippen MR) is 80.1 cm³/mol. The monoisotopic (exact) mass is 257 g/mol. The van der Waals surface area contributed by atoms with E-state index in [9.17, 15) is 0 Å². The van der Waals surface area contributed by atoms with Gasteiger partial charge in [0.2, 0.25) is 0 Å². The molecular weight excluding hydrogens is 234 g/mol. The molecular formula is C16H23N3. The highest BCUT2D eigenvalue weighted by molar-refractivity contribution is 5.65. The molecule has 0 aliphatic heterocycles. The molecule has 1 aromatic carbocycles. The van der Waals surface area contributed by atoms with E-state index in [2.05, 4.69) is 61.6 Å². The first-order valence-electron chi connectivity index (χ1n) is 7.08. The predicted octanol–water partition coefficient (Wildman–Crippen LogP) is 3.38. The highest BCUT2D eigenvalue weighted by Gasteiger charge is 2.06. The van der Waals surface area contributed by atoms with E-state index in [0.29, 0.717) is 0 Å². The van der Waals surface area contributed by atoms with E-state index in [-0.39, 0.29) is 0 Å². The van der Waals surface area contributed by atoms with Crippen LogP contribution in [0.15, 0.2) is 30.5 Å². The second kappa shape index (κ2) is 6.53. The number of benzene rings is 1. The van der Waals surface area contributed by atoms with Crippen LogP contribution in [0.3, 0.4) is 0 Å². The van der Waals surface area contributed by atoms with Crippen LogP contribution in [0.1, 0.15) is 31.5 Å². The average molecular weight is 257 g/mol. The van der Waals surface area contributed by atoms with Gasteiger partial charge in [0.1, 0.15) is 0 Å². The average Bonchev–Trinajstić information content (AvgIpc) is 2.81. The van der Waals surface area contributed by atoms with Crippen molar-refractivity contribution >= 4 is 0 Å². The van der Waals surface area contributed by atoms with Gasteiger partial charge < -0.3 is 5.32 Å². The summed E-state index contributed by atoms with van der Waals surface area (Å²) in [7, 11) is 0. The van der Waals surface area contributed by atoms with Gasteiger partial charge in [0.05, 0.1) is 5.69 Å². The minimum absolute atomic E-state index is 0.917. The van der Waals surface area contributed by atoms with Crippen molar-refractivity contribution in [2.75, 3.05) is 6.54 Å². The first-order valence-corrected chi connectivity index (χ1v) is 7.08. The highest BCUT2D eigenvalue weighted by Crippen LogP contribution is 2.22. The van der Waals surface area contributed by atoms with Crippen molar-refractivity contribution in [2.24, 2.45) is 0 Å². The minimum atomic E-state index is 0.917. The standard InChI is InChI=1S/C16H23N3/c1-4-10-17-11-14-6-8-15(9-7-14)16-12-19(5-2)18-13(16)3/h6-9,12,17H,4-5,10-11H2,1-3H3. The molecule has 3 nitrogen and oxygen atoms in total. The van der Waals surface area contributed by atoms with E-state index in [1.807, 2.05) is 4.68 Å². The maximum absolute atomic E-state index is 4.49. The van der Waals surface area contributed by atoms with Gasteiger partial charge in [-0.2, -0.15) is 5.10 Å². The summed E-state index contributed by atoms with van der Waals surface area (Å²) in [6.45, 7) is 9.30. The lowest BCUT2D eigenvalue weighted by atomic mass is 10.0. The summed E-state index contributed by atoms with van der Waals surface area (Å²) in [5.41, 5.74) is 4.91. The van der Waals surface area contributed by atoms with Crippen molar-refractivity contribution in [3.8, 4) is 11.1 Å². The van der Waals surface area contributed by atoms with Crippen LogP contribution in [0, 0.1) is 6.92 Å². The van der Waals surface area contributed by atoms with Gasteiger partial charge in [-0.05, 0) is 37.9 Å². The van der Waals surface area contributed by atoms with Gasteiger partial charge >= 0.3 is 0 Å². The van der Waals surface area contributed by atoms with Crippen LogP contribution in [0.2, 0.25) is 0 Å². The number of hydrogen-bond acceptors (Lipinski definition) is 2. The smallest absolute Gasteiger partial charge is 0.0672 e. The molecule has 0 saturated carbocycles. The van der Waals surface area contributed by atoms with Crippen molar-refractivity contribution < 1.29 is 0 Å². The van der Waals surface area contributed by atoms with Gasteiger partial charge in [-0.1, -0.05) is 31.2 Å². The molecule has 0 fully saturated rings. The Morgan fingerprint density at radius 1 is 1.16 bits per heavy atom. The van der Waals surface area contributed by atoms with E-state index >= 15 is 0 Å². The van der Waals surface area contributed by atoms with Crippen molar-refractivity contribution in [3.05, 3.63) is 41.7 Å². The molecule has 0 radical (unpaired) electrons. The van der Waals surface area contributed by atoms with Crippen LogP contribution < -0.4 is 5.32 Å². The topological polar surface area (TPSA) is 29.9 Å². The lowest BCUT2D eigenvalue weighted by Gasteiger charge is -2.05. The Morgan fingerprint density at radius 3 is 2.47 bits per heavy atom. The number of aromatic nitrogens is 2. The van der Waals surface area contributed by atoms with Crippen LogP contribution >= 0.6 is 0 Å². The maximum Gasteiger partial charge on any atom is 0.0672 e. The van der Waals surface area contributed by atoms with E-state index in [4.69, 9.17) is 0 Å². The van der Waals surface area contributed by atoms with Crippen LogP contribution in [0.5, 0.6) is 0 Å². The molecule has 0 aliphatic carbocycles. The van der Waals surface area contributed by atoms with Crippen LogP contribution in [-0.4, -0.2) is 16.3 Å². The van der Waals surface area contributed by atoms with Crippen molar-refractivity contribution in [2.45, 2.75) is 40.3 Å². The second-order valence-corrected chi connectivity index (χ2v) is 4.86. The summed E-state index contributed by atoms with van der Waals surface area (Å²) in [5.74, 6) is 0. The summed E-state index contributed by atoms with van der Waals surface area (Å²) < 4.78 is 1.99. The molecule has 102 valence electrons. The van der Waals surface area contributed by atoms with Crippen molar-refractivity contribution in [1.29, 1.82) is 0 Å². The van der Waals surface area contributed by atoms with E-state index in [0.717, 1.165) is 25.3 Å². The molecule has 0 aliphatic rings. The number of hydrogen-bond donors (Lipinski definition) is 1. The zero-order valence-electron chi connectivity index (χ0n) is 12.1.